The van der Waals surface area contributed by atoms with Crippen LogP contribution in [-0.2, 0) is 0 Å². The predicted octanol–water partition coefficient (Wildman–Crippen LogP) is 15.0. The number of hydrogen-bond acceptors (Lipinski definition) is 1. The van der Waals surface area contributed by atoms with E-state index in [1.807, 2.05) is 0 Å². The molecule has 11 aromatic rings. The maximum atomic E-state index is 2.42. The zero-order valence-corrected chi connectivity index (χ0v) is 30.7. The molecule has 0 saturated heterocycles. The normalized spacial score (nSPS) is 11.6. The Bertz CT molecular complexity index is 3220. The number of aromatic nitrogens is 1. The number of fused-ring (bicyclic) bond motifs is 7. The van der Waals surface area contributed by atoms with Crippen molar-refractivity contribution in [3.63, 3.8) is 0 Å². The van der Waals surface area contributed by atoms with E-state index in [0.717, 1.165) is 17.1 Å². The summed E-state index contributed by atoms with van der Waals surface area (Å²) in [6, 6.07) is 79.3. The zero-order valence-electron chi connectivity index (χ0n) is 30.7. The van der Waals surface area contributed by atoms with Crippen molar-refractivity contribution in [1.29, 1.82) is 0 Å². The predicted molar refractivity (Wildman–Crippen MR) is 239 cm³/mol. The molecule has 0 radical (unpaired) electrons. The Hall–Kier alpha value is -7.42. The average Bonchev–Trinajstić information content (AvgIpc) is 3.62. The standard InChI is InChI=1S/C54H36N2/c1-2-14-44(15-3-1)55(46-31-25-40(26-32-46)49-19-10-13-38-11-4-6-16-48(38)49)45-29-23-37(24-30-45)41-21-22-43-36-47(33-27-42(43)35-41)56-52-20-9-8-18-51(52)54-50-17-7-5-12-39(50)28-34-53(54)56/h1-36H. The average molecular weight is 713 g/mol. The van der Waals surface area contributed by atoms with E-state index in [0.29, 0.717) is 0 Å². The van der Waals surface area contributed by atoms with E-state index in [4.69, 9.17) is 0 Å². The van der Waals surface area contributed by atoms with Gasteiger partial charge >= 0.3 is 0 Å². The van der Waals surface area contributed by atoms with Crippen LogP contribution in [0.5, 0.6) is 0 Å². The minimum atomic E-state index is 1.11. The highest BCUT2D eigenvalue weighted by atomic mass is 15.1. The fourth-order valence-corrected chi connectivity index (χ4v) is 8.66. The summed E-state index contributed by atoms with van der Waals surface area (Å²) in [5.74, 6) is 0. The minimum Gasteiger partial charge on any atom is -0.311 e. The molecule has 10 aromatic carbocycles. The molecule has 0 aliphatic carbocycles. The molecular formula is C54H36N2. The molecule has 1 heterocycles. The lowest BCUT2D eigenvalue weighted by Crippen LogP contribution is -2.09. The molecule has 0 fully saturated rings. The van der Waals surface area contributed by atoms with Gasteiger partial charge in [-0.1, -0.05) is 152 Å². The summed E-state index contributed by atoms with van der Waals surface area (Å²) in [7, 11) is 0. The van der Waals surface area contributed by atoms with E-state index in [1.54, 1.807) is 0 Å². The van der Waals surface area contributed by atoms with Gasteiger partial charge in [0.25, 0.3) is 0 Å². The highest BCUT2D eigenvalue weighted by molar-refractivity contribution is 6.21. The van der Waals surface area contributed by atoms with Crippen LogP contribution in [0.15, 0.2) is 218 Å². The maximum Gasteiger partial charge on any atom is 0.0547 e. The summed E-state index contributed by atoms with van der Waals surface area (Å²) in [5.41, 5.74) is 11.8. The Balaban J connectivity index is 0.930. The molecule has 56 heavy (non-hydrogen) atoms. The first kappa shape index (κ1) is 32.0. The SMILES string of the molecule is c1ccc(N(c2ccc(-c3ccc4cc(-n5c6ccccc6c6c7ccccc7ccc65)ccc4c3)cc2)c2ccc(-c3cccc4ccccc34)cc2)cc1. The lowest BCUT2D eigenvalue weighted by molar-refractivity contribution is 1.19. The third-order valence-corrected chi connectivity index (χ3v) is 11.3. The number of hydrogen-bond donors (Lipinski definition) is 0. The monoisotopic (exact) mass is 712 g/mol. The fourth-order valence-electron chi connectivity index (χ4n) is 8.66. The molecule has 1 aromatic heterocycles. The lowest BCUT2D eigenvalue weighted by Gasteiger charge is -2.26. The van der Waals surface area contributed by atoms with Gasteiger partial charge in [-0.2, -0.15) is 0 Å². The van der Waals surface area contributed by atoms with Crippen molar-refractivity contribution in [1.82, 2.24) is 4.57 Å². The second kappa shape index (κ2) is 13.2. The summed E-state index contributed by atoms with van der Waals surface area (Å²) in [6.45, 7) is 0. The van der Waals surface area contributed by atoms with Crippen molar-refractivity contribution < 1.29 is 0 Å². The van der Waals surface area contributed by atoms with Crippen LogP contribution in [0.25, 0.3) is 82.1 Å². The van der Waals surface area contributed by atoms with Gasteiger partial charge in [-0.15, -0.1) is 0 Å². The lowest BCUT2D eigenvalue weighted by atomic mass is 9.98. The van der Waals surface area contributed by atoms with Gasteiger partial charge in [-0.25, -0.2) is 0 Å². The second-order valence-electron chi connectivity index (χ2n) is 14.6. The van der Waals surface area contributed by atoms with E-state index in [-0.39, 0.29) is 0 Å². The van der Waals surface area contributed by atoms with Gasteiger partial charge in [-0.3, -0.25) is 0 Å². The smallest absolute Gasteiger partial charge is 0.0547 e. The van der Waals surface area contributed by atoms with Crippen LogP contribution < -0.4 is 4.90 Å². The molecule has 0 aliphatic rings. The van der Waals surface area contributed by atoms with Crippen molar-refractivity contribution in [2.45, 2.75) is 0 Å². The van der Waals surface area contributed by atoms with Gasteiger partial charge in [0.05, 0.1) is 11.0 Å². The molecule has 11 rings (SSSR count). The first-order chi connectivity index (χ1) is 27.8. The molecule has 262 valence electrons. The molecule has 0 amide bonds. The van der Waals surface area contributed by atoms with Gasteiger partial charge in [0.15, 0.2) is 0 Å². The first-order valence-electron chi connectivity index (χ1n) is 19.3. The number of benzene rings is 10. The van der Waals surface area contributed by atoms with Crippen LogP contribution in [0.3, 0.4) is 0 Å². The van der Waals surface area contributed by atoms with Crippen LogP contribution in [-0.4, -0.2) is 4.57 Å². The molecule has 0 aliphatic heterocycles. The number of rotatable bonds is 6. The van der Waals surface area contributed by atoms with Crippen LogP contribution in [0.4, 0.5) is 17.1 Å². The van der Waals surface area contributed by atoms with Gasteiger partial charge in [-0.05, 0) is 121 Å². The molecule has 0 saturated carbocycles. The van der Waals surface area contributed by atoms with Crippen molar-refractivity contribution >= 4 is 71.2 Å². The Morgan fingerprint density at radius 3 is 1.64 bits per heavy atom. The summed E-state index contributed by atoms with van der Waals surface area (Å²) in [4.78, 5) is 2.33. The Morgan fingerprint density at radius 1 is 0.304 bits per heavy atom. The van der Waals surface area contributed by atoms with Crippen LogP contribution in [0, 0.1) is 0 Å². The third-order valence-electron chi connectivity index (χ3n) is 11.3. The fraction of sp³-hybridized carbons (Fsp3) is 0. The summed E-state index contributed by atoms with van der Waals surface area (Å²) in [6.07, 6.45) is 0. The highest BCUT2D eigenvalue weighted by Crippen LogP contribution is 2.40. The quantitative estimate of drug-likeness (QED) is 0.167. The Labute approximate surface area is 325 Å². The summed E-state index contributed by atoms with van der Waals surface area (Å²) < 4.78 is 2.42. The van der Waals surface area contributed by atoms with Gasteiger partial charge in [0.1, 0.15) is 0 Å². The Kier molecular flexibility index (Phi) is 7.53. The van der Waals surface area contributed by atoms with Gasteiger partial charge in [0.2, 0.25) is 0 Å². The van der Waals surface area contributed by atoms with Crippen LogP contribution >= 0.6 is 0 Å². The number of nitrogens with zero attached hydrogens (tertiary/aromatic N) is 2. The van der Waals surface area contributed by atoms with Crippen LogP contribution in [0.1, 0.15) is 0 Å². The van der Waals surface area contributed by atoms with Gasteiger partial charge < -0.3 is 9.47 Å². The third kappa shape index (κ3) is 5.34. The zero-order chi connectivity index (χ0) is 37.0. The second-order valence-corrected chi connectivity index (χ2v) is 14.6. The van der Waals surface area contributed by atoms with Crippen LogP contribution in [0.2, 0.25) is 0 Å². The highest BCUT2D eigenvalue weighted by Gasteiger charge is 2.16. The number of para-hydroxylation sites is 2. The first-order valence-corrected chi connectivity index (χ1v) is 19.3. The van der Waals surface area contributed by atoms with Crippen molar-refractivity contribution in [2.75, 3.05) is 4.90 Å². The van der Waals surface area contributed by atoms with E-state index in [2.05, 4.69) is 228 Å². The van der Waals surface area contributed by atoms with E-state index in [1.165, 1.54) is 82.1 Å². The summed E-state index contributed by atoms with van der Waals surface area (Å²) >= 11 is 0. The molecule has 0 bridgehead atoms. The molecule has 0 unspecified atom stereocenters. The topological polar surface area (TPSA) is 8.17 Å². The molecular weight excluding hydrogens is 677 g/mol. The maximum absolute atomic E-state index is 2.42. The van der Waals surface area contributed by atoms with E-state index >= 15 is 0 Å². The largest absolute Gasteiger partial charge is 0.311 e. The molecule has 0 spiro atoms. The number of anilines is 3. The minimum absolute atomic E-state index is 1.11. The Morgan fingerprint density at radius 2 is 0.857 bits per heavy atom. The van der Waals surface area contributed by atoms with Crippen molar-refractivity contribution in [2.24, 2.45) is 0 Å². The summed E-state index contributed by atoms with van der Waals surface area (Å²) in [5, 5.41) is 10.1. The van der Waals surface area contributed by atoms with E-state index < -0.39 is 0 Å². The molecule has 2 heteroatoms. The van der Waals surface area contributed by atoms with Crippen molar-refractivity contribution in [3.8, 4) is 27.9 Å². The molecule has 0 N–H and O–H groups in total. The van der Waals surface area contributed by atoms with Gasteiger partial charge in [0, 0.05) is 33.5 Å². The molecule has 2 nitrogen and oxygen atoms in total. The van der Waals surface area contributed by atoms with Crippen molar-refractivity contribution in [3.05, 3.63) is 218 Å². The molecule has 0 atom stereocenters. The van der Waals surface area contributed by atoms with E-state index in [9.17, 15) is 0 Å².